The third kappa shape index (κ3) is 1.77. The quantitative estimate of drug-likeness (QED) is 0.635. The second kappa shape index (κ2) is 2.46. The van der Waals surface area contributed by atoms with Crippen molar-refractivity contribution < 1.29 is 4.19 Å². The molecule has 0 heterocycles. The Labute approximate surface area is 67.7 Å². The Bertz CT molecular complexity index is 303. The van der Waals surface area contributed by atoms with Crippen LogP contribution >= 0.6 is 23.2 Å². The van der Waals surface area contributed by atoms with Crippen molar-refractivity contribution in [1.29, 1.82) is 0 Å². The van der Waals surface area contributed by atoms with Gasteiger partial charge in [-0.15, -0.1) is 0 Å². The van der Waals surface area contributed by atoms with Crippen LogP contribution in [0.5, 0.6) is 0 Å². The van der Waals surface area contributed by atoms with Crippen molar-refractivity contribution in [2.45, 2.75) is 0 Å². The number of rotatable bonds is 1. The summed E-state index contributed by atoms with van der Waals surface area (Å²) >= 11 is 11.2. The lowest BCUT2D eigenvalue weighted by molar-refractivity contribution is 1.68. The highest BCUT2D eigenvalue weighted by Crippen LogP contribution is 2.19. The van der Waals surface area contributed by atoms with Crippen molar-refractivity contribution in [3.05, 3.63) is 28.2 Å². The van der Waals surface area contributed by atoms with Crippen LogP contribution in [-0.2, 0) is 0 Å². The van der Waals surface area contributed by atoms with Crippen LogP contribution in [0, 0.1) is 0 Å². The standard InChI is InChI=1S/C6H5Cl2N/c7-4-1-5(8)3-6(9)2-4/h1-3H,9H2/i2D/hD2. The summed E-state index contributed by atoms with van der Waals surface area (Å²) in [5.41, 5.74) is 0.368. The Morgan fingerprint density at radius 3 is 2.89 bits per heavy atom. The van der Waals surface area contributed by atoms with Crippen molar-refractivity contribution in [3.63, 3.8) is 0 Å². The van der Waals surface area contributed by atoms with Gasteiger partial charge in [0.15, 0.2) is 2.82 Å². The molecule has 1 rings (SSSR count). The van der Waals surface area contributed by atoms with Crippen LogP contribution in [0.4, 0.5) is 5.69 Å². The number of nitrogen functional groups attached to an aromatic ring is 1. The van der Waals surface area contributed by atoms with Gasteiger partial charge in [-0.2, -0.15) is 0 Å². The zero-order valence-corrected chi connectivity index (χ0v) is 5.87. The molecular formula is C6H5Cl2N. The van der Waals surface area contributed by atoms with Crippen molar-refractivity contribution in [1.82, 2.24) is 0 Å². The molecule has 0 aliphatic heterocycles. The van der Waals surface area contributed by atoms with Gasteiger partial charge in [-0.1, -0.05) is 23.2 Å². The smallest absolute Gasteiger partial charge is 0.156 e. The summed E-state index contributed by atoms with van der Waals surface area (Å²) in [5, 5.41) is 0.456. The third-order valence-electron chi connectivity index (χ3n) is 0.787. The largest absolute Gasteiger partial charge is 0.399 e. The average molecular weight is 165 g/mol. The first kappa shape index (κ1) is 3.69. The number of halogens is 2. The predicted octanol–water partition coefficient (Wildman–Crippen LogP) is 2.58. The Hall–Kier alpha value is -0.400. The highest BCUT2D eigenvalue weighted by Gasteiger charge is 1.91. The number of hydrogen-bond donors (Lipinski definition) is 1. The Morgan fingerprint density at radius 2 is 2.22 bits per heavy atom. The van der Waals surface area contributed by atoms with Gasteiger partial charge in [0.25, 0.3) is 0 Å². The second-order valence-corrected chi connectivity index (χ2v) is 2.38. The van der Waals surface area contributed by atoms with Gasteiger partial charge < -0.3 is 5.72 Å². The number of hydrogen-bond acceptors (Lipinski definition) is 1. The fraction of sp³-hybridized carbons (Fsp3) is 0. The molecule has 0 amide bonds. The SMILES string of the molecule is [2H]c1c(Cl)cc(Cl)cc1N([2H])[2H]. The number of anilines is 1. The molecule has 0 saturated heterocycles. The van der Waals surface area contributed by atoms with Gasteiger partial charge >= 0.3 is 0 Å². The van der Waals surface area contributed by atoms with Crippen LogP contribution in [-0.4, -0.2) is 0 Å². The van der Waals surface area contributed by atoms with Crippen LogP contribution in [0.2, 0.25) is 12.9 Å². The lowest BCUT2D eigenvalue weighted by Crippen LogP contribution is -1.82. The molecule has 0 aromatic heterocycles. The molecule has 48 valence electrons. The summed E-state index contributed by atoms with van der Waals surface area (Å²) in [6.07, 6.45) is 0. The van der Waals surface area contributed by atoms with Gasteiger partial charge in [0.2, 0.25) is 0 Å². The van der Waals surface area contributed by atoms with Crippen molar-refractivity contribution in [2.75, 3.05) is 5.72 Å². The molecule has 1 nitrogen and oxygen atoms in total. The zero-order chi connectivity index (χ0) is 9.30. The first-order chi connectivity index (χ1) is 5.52. The van der Waals surface area contributed by atoms with E-state index in [2.05, 4.69) is 0 Å². The first-order valence-corrected chi connectivity index (χ1v) is 3.01. The van der Waals surface area contributed by atoms with E-state index in [0.717, 1.165) is 0 Å². The van der Waals surface area contributed by atoms with Gasteiger partial charge in [-0.3, -0.25) is 0 Å². The topological polar surface area (TPSA) is 26.0 Å². The summed E-state index contributed by atoms with van der Waals surface area (Å²) in [6, 6.07) is 2.68. The van der Waals surface area contributed by atoms with Gasteiger partial charge in [0, 0.05) is 15.7 Å². The minimum absolute atomic E-state index is 0.0625. The highest BCUT2D eigenvalue weighted by atomic mass is 35.5. The van der Waals surface area contributed by atoms with E-state index in [1.165, 1.54) is 12.1 Å². The average Bonchev–Trinajstić information content (AvgIpc) is 1.96. The lowest BCUT2D eigenvalue weighted by atomic mass is 10.3. The summed E-state index contributed by atoms with van der Waals surface area (Å²) in [6.45, 7) is 0. The van der Waals surface area contributed by atoms with Crippen molar-refractivity contribution in [2.24, 2.45) is 0 Å². The van der Waals surface area contributed by atoms with Crippen LogP contribution < -0.4 is 5.72 Å². The molecule has 0 bridgehead atoms. The number of benzene rings is 1. The monoisotopic (exact) mass is 164 g/mol. The summed E-state index contributed by atoms with van der Waals surface area (Å²) in [4.78, 5) is 0. The van der Waals surface area contributed by atoms with Gasteiger partial charge in [-0.25, -0.2) is 0 Å². The molecular weight excluding hydrogens is 157 g/mol. The van der Waals surface area contributed by atoms with E-state index in [4.69, 9.17) is 27.4 Å². The van der Waals surface area contributed by atoms with Crippen molar-refractivity contribution in [3.8, 4) is 0 Å². The lowest BCUT2D eigenvalue weighted by Gasteiger charge is -1.93. The molecule has 0 atom stereocenters. The van der Waals surface area contributed by atoms with Gasteiger partial charge in [-0.05, 0) is 18.2 Å². The van der Waals surface area contributed by atoms with Crippen LogP contribution in [0.1, 0.15) is 1.37 Å². The van der Waals surface area contributed by atoms with E-state index in [1.54, 1.807) is 0 Å². The van der Waals surface area contributed by atoms with Gasteiger partial charge in [0.1, 0.15) is 0 Å². The van der Waals surface area contributed by atoms with Crippen LogP contribution in [0.25, 0.3) is 0 Å². The van der Waals surface area contributed by atoms with E-state index < -0.39 is 0 Å². The fourth-order valence-corrected chi connectivity index (χ4v) is 0.971. The first-order valence-electron chi connectivity index (χ1n) is 3.65. The minimum atomic E-state index is -0.0638. The van der Waals surface area contributed by atoms with Crippen molar-refractivity contribution >= 4 is 28.9 Å². The summed E-state index contributed by atoms with van der Waals surface area (Å²) in [5.74, 6) is 0. The summed E-state index contributed by atoms with van der Waals surface area (Å²) in [7, 11) is 0. The molecule has 2 N–H and O–H groups in total. The van der Waals surface area contributed by atoms with Crippen LogP contribution in [0.3, 0.4) is 0 Å². The third-order valence-corrected chi connectivity index (χ3v) is 1.21. The van der Waals surface area contributed by atoms with Crippen LogP contribution in [0.15, 0.2) is 18.2 Å². The predicted molar refractivity (Wildman–Crippen MR) is 40.9 cm³/mol. The molecule has 0 aliphatic carbocycles. The van der Waals surface area contributed by atoms with E-state index in [0.29, 0.717) is 10.7 Å². The van der Waals surface area contributed by atoms with E-state index in [9.17, 15) is 0 Å². The second-order valence-electron chi connectivity index (χ2n) is 1.53. The molecule has 9 heavy (non-hydrogen) atoms. The minimum Gasteiger partial charge on any atom is -0.399 e. The Kier molecular flexibility index (Phi) is 1.01. The normalized spacial score (nSPS) is 13.8. The van der Waals surface area contributed by atoms with Gasteiger partial charge in [0.05, 0.1) is 1.37 Å². The Morgan fingerprint density at radius 1 is 1.44 bits per heavy atom. The molecule has 0 saturated carbocycles. The zero-order valence-electron chi connectivity index (χ0n) is 7.36. The molecule has 0 fully saturated rings. The van der Waals surface area contributed by atoms with E-state index in [-0.39, 0.29) is 16.8 Å². The molecule has 0 spiro atoms. The maximum Gasteiger partial charge on any atom is 0.156 e. The number of nitrogens with two attached hydrogens (primary N) is 1. The molecule has 3 heteroatoms. The Balaban J connectivity index is 3.28. The molecule has 0 aliphatic rings. The van der Waals surface area contributed by atoms with E-state index >= 15 is 0 Å². The molecule has 0 unspecified atom stereocenters. The van der Waals surface area contributed by atoms with E-state index in [1.807, 2.05) is 0 Å². The highest BCUT2D eigenvalue weighted by molar-refractivity contribution is 6.35. The molecule has 1 aromatic rings. The molecule has 1 aromatic carbocycles. The summed E-state index contributed by atoms with van der Waals surface area (Å²) < 4.78 is 21.2. The maximum atomic E-state index is 7.35. The molecule has 0 radical (unpaired) electrons. The maximum absolute atomic E-state index is 7.35. The fourth-order valence-electron chi connectivity index (χ4n) is 0.488.